The maximum Gasteiger partial charge on any atom is 0.198 e. The number of nitrogens with two attached hydrogens (primary N) is 1. The van der Waals surface area contributed by atoms with Gasteiger partial charge in [-0.3, -0.25) is 0 Å². The van der Waals surface area contributed by atoms with Gasteiger partial charge in [-0.1, -0.05) is 6.07 Å². The standard InChI is InChI=1S/C7H6FN3/c8-4-2-1-3-5-6(4)11-7(9)10-5/h1-3H,(H3,9,10,11). The zero-order chi connectivity index (χ0) is 7.84. The van der Waals surface area contributed by atoms with E-state index in [0.717, 1.165) is 0 Å². The fourth-order valence-corrected chi connectivity index (χ4v) is 1.02. The second-order valence-electron chi connectivity index (χ2n) is 2.26. The third-order valence-corrected chi connectivity index (χ3v) is 1.48. The van der Waals surface area contributed by atoms with Gasteiger partial charge in [-0.25, -0.2) is 9.37 Å². The SMILES string of the molecule is Nc1nc2c(F)cccc2[nH]1. The molecule has 0 spiro atoms. The number of halogens is 1. The van der Waals surface area contributed by atoms with Gasteiger partial charge in [0.1, 0.15) is 5.52 Å². The van der Waals surface area contributed by atoms with Gasteiger partial charge < -0.3 is 10.7 Å². The van der Waals surface area contributed by atoms with Gasteiger partial charge in [0.15, 0.2) is 11.8 Å². The zero-order valence-electron chi connectivity index (χ0n) is 5.63. The highest BCUT2D eigenvalue weighted by molar-refractivity contribution is 5.77. The van der Waals surface area contributed by atoms with Crippen molar-refractivity contribution in [1.82, 2.24) is 9.97 Å². The average molecular weight is 151 g/mol. The third-order valence-electron chi connectivity index (χ3n) is 1.48. The van der Waals surface area contributed by atoms with E-state index in [2.05, 4.69) is 9.97 Å². The minimum Gasteiger partial charge on any atom is -0.369 e. The first-order valence-electron chi connectivity index (χ1n) is 3.17. The van der Waals surface area contributed by atoms with Gasteiger partial charge >= 0.3 is 0 Å². The van der Waals surface area contributed by atoms with Crippen LogP contribution in [0.25, 0.3) is 11.0 Å². The predicted molar refractivity (Wildman–Crippen MR) is 40.5 cm³/mol. The van der Waals surface area contributed by atoms with Crippen molar-refractivity contribution in [3.05, 3.63) is 24.0 Å². The molecule has 0 aliphatic carbocycles. The van der Waals surface area contributed by atoms with Crippen LogP contribution in [0.1, 0.15) is 0 Å². The molecule has 2 rings (SSSR count). The number of nitrogens with zero attached hydrogens (tertiary/aromatic N) is 1. The maximum absolute atomic E-state index is 12.9. The van der Waals surface area contributed by atoms with Crippen molar-refractivity contribution in [2.45, 2.75) is 0 Å². The molecule has 0 saturated heterocycles. The number of aromatic amines is 1. The number of nitrogens with one attached hydrogen (secondary N) is 1. The molecule has 0 bridgehead atoms. The molecular formula is C7H6FN3. The number of H-pyrrole nitrogens is 1. The molecule has 1 aromatic heterocycles. The molecule has 3 nitrogen and oxygen atoms in total. The van der Waals surface area contributed by atoms with Crippen molar-refractivity contribution in [3.8, 4) is 0 Å². The fraction of sp³-hybridized carbons (Fsp3) is 0. The van der Waals surface area contributed by atoms with E-state index in [1.165, 1.54) is 6.07 Å². The van der Waals surface area contributed by atoms with Crippen LogP contribution in [0.4, 0.5) is 10.3 Å². The first-order chi connectivity index (χ1) is 5.27. The van der Waals surface area contributed by atoms with Gasteiger partial charge in [0.2, 0.25) is 0 Å². The van der Waals surface area contributed by atoms with E-state index in [1.807, 2.05) is 0 Å². The van der Waals surface area contributed by atoms with Crippen LogP contribution in [0, 0.1) is 5.82 Å². The summed E-state index contributed by atoms with van der Waals surface area (Å²) in [6.45, 7) is 0. The first-order valence-corrected chi connectivity index (χ1v) is 3.17. The Bertz CT molecular complexity index is 393. The largest absolute Gasteiger partial charge is 0.369 e. The molecule has 0 aliphatic heterocycles. The lowest BCUT2D eigenvalue weighted by molar-refractivity contribution is 0.637. The predicted octanol–water partition coefficient (Wildman–Crippen LogP) is 1.28. The summed E-state index contributed by atoms with van der Waals surface area (Å²) < 4.78 is 12.9. The summed E-state index contributed by atoms with van der Waals surface area (Å²) >= 11 is 0. The summed E-state index contributed by atoms with van der Waals surface area (Å²) in [6.07, 6.45) is 0. The van der Waals surface area contributed by atoms with Gasteiger partial charge in [0.25, 0.3) is 0 Å². The summed E-state index contributed by atoms with van der Waals surface area (Å²) in [4.78, 5) is 6.49. The Labute approximate surface area is 62.0 Å². The fourth-order valence-electron chi connectivity index (χ4n) is 1.02. The zero-order valence-corrected chi connectivity index (χ0v) is 5.63. The number of hydrogen-bond donors (Lipinski definition) is 2. The van der Waals surface area contributed by atoms with E-state index >= 15 is 0 Å². The number of hydrogen-bond acceptors (Lipinski definition) is 2. The van der Waals surface area contributed by atoms with E-state index in [0.29, 0.717) is 11.0 Å². The summed E-state index contributed by atoms with van der Waals surface area (Å²) in [6, 6.07) is 4.68. The Kier molecular flexibility index (Phi) is 1.09. The van der Waals surface area contributed by atoms with Gasteiger partial charge in [-0.15, -0.1) is 0 Å². The van der Waals surface area contributed by atoms with Gasteiger partial charge in [-0.05, 0) is 12.1 Å². The third kappa shape index (κ3) is 0.832. The quantitative estimate of drug-likeness (QED) is 0.596. The molecule has 0 saturated carbocycles. The van der Waals surface area contributed by atoms with E-state index in [-0.39, 0.29) is 11.8 Å². The normalized spacial score (nSPS) is 10.6. The Hall–Kier alpha value is -1.58. The van der Waals surface area contributed by atoms with Crippen molar-refractivity contribution in [3.63, 3.8) is 0 Å². The van der Waals surface area contributed by atoms with Gasteiger partial charge in [-0.2, -0.15) is 0 Å². The van der Waals surface area contributed by atoms with Gasteiger partial charge in [0, 0.05) is 0 Å². The average Bonchev–Trinajstić information content (AvgIpc) is 2.31. The Morgan fingerprint density at radius 2 is 2.27 bits per heavy atom. The highest BCUT2D eigenvalue weighted by Gasteiger charge is 2.02. The van der Waals surface area contributed by atoms with Crippen molar-refractivity contribution in [2.75, 3.05) is 5.73 Å². The minimum absolute atomic E-state index is 0.241. The van der Waals surface area contributed by atoms with Crippen LogP contribution in [0.2, 0.25) is 0 Å². The van der Waals surface area contributed by atoms with Crippen LogP contribution in [0.3, 0.4) is 0 Å². The van der Waals surface area contributed by atoms with Crippen LogP contribution in [-0.2, 0) is 0 Å². The molecule has 3 N–H and O–H groups in total. The van der Waals surface area contributed by atoms with Crippen LogP contribution in [0.5, 0.6) is 0 Å². The van der Waals surface area contributed by atoms with Crippen LogP contribution >= 0.6 is 0 Å². The molecule has 1 aromatic carbocycles. The molecule has 0 amide bonds. The summed E-state index contributed by atoms with van der Waals surface area (Å²) in [5.74, 6) is -0.111. The molecule has 0 fully saturated rings. The molecule has 0 aliphatic rings. The molecule has 4 heteroatoms. The minimum atomic E-state index is -0.351. The highest BCUT2D eigenvalue weighted by Crippen LogP contribution is 2.14. The Morgan fingerprint density at radius 3 is 3.00 bits per heavy atom. The second-order valence-corrected chi connectivity index (χ2v) is 2.26. The number of aromatic nitrogens is 2. The van der Waals surface area contributed by atoms with Crippen molar-refractivity contribution in [2.24, 2.45) is 0 Å². The maximum atomic E-state index is 12.9. The molecule has 0 radical (unpaired) electrons. The van der Waals surface area contributed by atoms with Crippen LogP contribution < -0.4 is 5.73 Å². The Balaban J connectivity index is 2.90. The lowest BCUT2D eigenvalue weighted by atomic mass is 10.3. The van der Waals surface area contributed by atoms with E-state index in [9.17, 15) is 4.39 Å². The number of anilines is 1. The monoisotopic (exact) mass is 151 g/mol. The summed E-state index contributed by atoms with van der Waals surface area (Å²) in [5, 5.41) is 0. The molecular weight excluding hydrogens is 145 g/mol. The number of benzene rings is 1. The summed E-state index contributed by atoms with van der Waals surface area (Å²) in [5.41, 5.74) is 6.25. The van der Waals surface area contributed by atoms with E-state index in [1.54, 1.807) is 12.1 Å². The van der Waals surface area contributed by atoms with Gasteiger partial charge in [0.05, 0.1) is 5.52 Å². The van der Waals surface area contributed by atoms with E-state index < -0.39 is 0 Å². The van der Waals surface area contributed by atoms with Crippen LogP contribution in [-0.4, -0.2) is 9.97 Å². The first kappa shape index (κ1) is 6.15. The lowest BCUT2D eigenvalue weighted by Gasteiger charge is -1.86. The molecule has 0 atom stereocenters. The van der Waals surface area contributed by atoms with Crippen molar-refractivity contribution < 1.29 is 4.39 Å². The number of rotatable bonds is 0. The number of imidazole rings is 1. The molecule has 1 heterocycles. The van der Waals surface area contributed by atoms with Crippen molar-refractivity contribution >= 4 is 17.0 Å². The number of nitrogen functional groups attached to an aromatic ring is 1. The molecule has 2 aromatic rings. The van der Waals surface area contributed by atoms with Crippen LogP contribution in [0.15, 0.2) is 18.2 Å². The smallest absolute Gasteiger partial charge is 0.198 e. The molecule has 11 heavy (non-hydrogen) atoms. The highest BCUT2D eigenvalue weighted by atomic mass is 19.1. The molecule has 0 unspecified atom stereocenters. The second kappa shape index (κ2) is 1.95. The lowest BCUT2D eigenvalue weighted by Crippen LogP contribution is -1.84. The molecule has 56 valence electrons. The summed E-state index contributed by atoms with van der Waals surface area (Å²) in [7, 11) is 0. The number of para-hydroxylation sites is 1. The van der Waals surface area contributed by atoms with Crippen molar-refractivity contribution in [1.29, 1.82) is 0 Å². The van der Waals surface area contributed by atoms with E-state index in [4.69, 9.17) is 5.73 Å². The number of fused-ring (bicyclic) bond motifs is 1. The Morgan fingerprint density at radius 1 is 1.45 bits per heavy atom. The topological polar surface area (TPSA) is 54.7 Å².